The number of para-hydroxylation sites is 1. The molecule has 246 valence electrons. The molecule has 0 aromatic heterocycles. The van der Waals surface area contributed by atoms with Crippen LogP contribution in [0.5, 0.6) is 11.5 Å². The van der Waals surface area contributed by atoms with Gasteiger partial charge in [-0.15, -0.1) is 11.8 Å². The van der Waals surface area contributed by atoms with Crippen molar-refractivity contribution in [3.8, 4) is 11.5 Å². The number of hydrogen-bond donors (Lipinski definition) is 3. The van der Waals surface area contributed by atoms with Crippen LogP contribution in [-0.4, -0.2) is 17.7 Å². The Kier molecular flexibility index (Phi) is 11.2. The Morgan fingerprint density at radius 3 is 1.72 bits per heavy atom. The fourth-order valence-electron chi connectivity index (χ4n) is 4.95. The lowest BCUT2D eigenvalue weighted by atomic mass is 10.1. The second kappa shape index (κ2) is 16.6. The van der Waals surface area contributed by atoms with Crippen molar-refractivity contribution in [2.75, 3.05) is 10.6 Å². The molecule has 50 heavy (non-hydrogen) atoms. The molecule has 1 atom stereocenters. The van der Waals surface area contributed by atoms with Gasteiger partial charge >= 0.3 is 0 Å². The SMILES string of the molecule is O=C(Nc1ccc(SC(C(=O)Nc2ccc(Oc3ccccc3)cc2)c2ccccc2)cc1)/C(=C/c1ccccc1)NC(=O)c1ccccc1. The molecule has 0 heterocycles. The first kappa shape index (κ1) is 33.5. The number of carbonyl (C=O) groups is 3. The second-order valence-electron chi connectivity index (χ2n) is 11.1. The van der Waals surface area contributed by atoms with E-state index in [1.807, 2.05) is 133 Å². The van der Waals surface area contributed by atoms with Gasteiger partial charge in [-0.3, -0.25) is 14.4 Å². The zero-order chi connectivity index (χ0) is 34.5. The van der Waals surface area contributed by atoms with E-state index in [1.54, 1.807) is 42.5 Å². The van der Waals surface area contributed by atoms with Gasteiger partial charge in [0.2, 0.25) is 5.91 Å². The molecular weight excluding hydrogens is 643 g/mol. The van der Waals surface area contributed by atoms with Crippen LogP contribution >= 0.6 is 11.8 Å². The molecule has 0 aliphatic heterocycles. The first-order valence-electron chi connectivity index (χ1n) is 15.9. The summed E-state index contributed by atoms with van der Waals surface area (Å²) in [5.74, 6) is 0.350. The van der Waals surface area contributed by atoms with E-state index in [9.17, 15) is 14.4 Å². The number of benzene rings is 6. The van der Waals surface area contributed by atoms with Crippen LogP contribution in [-0.2, 0) is 9.59 Å². The number of nitrogens with one attached hydrogen (secondary N) is 3. The maximum Gasteiger partial charge on any atom is 0.272 e. The van der Waals surface area contributed by atoms with Crippen molar-refractivity contribution in [2.45, 2.75) is 10.1 Å². The molecule has 0 aliphatic rings. The molecule has 6 rings (SSSR count). The largest absolute Gasteiger partial charge is 0.457 e. The van der Waals surface area contributed by atoms with Crippen LogP contribution in [0.2, 0.25) is 0 Å². The van der Waals surface area contributed by atoms with E-state index in [1.165, 1.54) is 11.8 Å². The Hall–Kier alpha value is -6.38. The summed E-state index contributed by atoms with van der Waals surface area (Å²) in [4.78, 5) is 40.9. The topological polar surface area (TPSA) is 96.5 Å². The first-order chi connectivity index (χ1) is 24.5. The molecule has 6 aromatic rings. The van der Waals surface area contributed by atoms with E-state index < -0.39 is 17.1 Å². The summed E-state index contributed by atoms with van der Waals surface area (Å²) >= 11 is 1.40. The summed E-state index contributed by atoms with van der Waals surface area (Å²) < 4.78 is 5.88. The molecular formula is C42H33N3O4S. The minimum absolute atomic E-state index is 0.101. The number of hydrogen-bond acceptors (Lipinski definition) is 5. The van der Waals surface area contributed by atoms with E-state index in [0.717, 1.165) is 21.8 Å². The third-order valence-corrected chi connectivity index (χ3v) is 8.71. The Balaban J connectivity index is 1.14. The van der Waals surface area contributed by atoms with Gasteiger partial charge in [-0.2, -0.15) is 0 Å². The fourth-order valence-corrected chi connectivity index (χ4v) is 5.97. The summed E-state index contributed by atoms with van der Waals surface area (Å²) in [5, 5.41) is 8.13. The number of ether oxygens (including phenoxy) is 1. The number of anilines is 2. The Morgan fingerprint density at radius 1 is 0.560 bits per heavy atom. The van der Waals surface area contributed by atoms with Gasteiger partial charge in [0.05, 0.1) is 0 Å². The number of rotatable bonds is 12. The zero-order valence-electron chi connectivity index (χ0n) is 26.9. The van der Waals surface area contributed by atoms with Crippen molar-refractivity contribution >= 4 is 46.9 Å². The third-order valence-electron chi connectivity index (χ3n) is 7.45. The normalized spacial score (nSPS) is 11.6. The highest BCUT2D eigenvalue weighted by Gasteiger charge is 2.23. The molecule has 0 fully saturated rings. The summed E-state index contributed by atoms with van der Waals surface area (Å²) in [6.07, 6.45) is 1.63. The van der Waals surface area contributed by atoms with Crippen LogP contribution < -0.4 is 20.7 Å². The molecule has 0 aliphatic carbocycles. The third kappa shape index (κ3) is 9.37. The van der Waals surface area contributed by atoms with Gasteiger partial charge in [-0.05, 0) is 90.0 Å². The Morgan fingerprint density at radius 2 is 1.08 bits per heavy atom. The minimum atomic E-state index is -0.550. The van der Waals surface area contributed by atoms with Crippen molar-refractivity contribution in [1.82, 2.24) is 5.32 Å². The lowest BCUT2D eigenvalue weighted by Crippen LogP contribution is -2.30. The van der Waals surface area contributed by atoms with Crippen LogP contribution in [0.15, 0.2) is 180 Å². The molecule has 0 bridgehead atoms. The summed E-state index contributed by atoms with van der Waals surface area (Å²) in [7, 11) is 0. The van der Waals surface area contributed by atoms with Gasteiger partial charge in [-0.1, -0.05) is 97.1 Å². The first-order valence-corrected chi connectivity index (χ1v) is 16.8. The highest BCUT2D eigenvalue weighted by Crippen LogP contribution is 2.37. The van der Waals surface area contributed by atoms with E-state index in [0.29, 0.717) is 22.7 Å². The summed E-state index contributed by atoms with van der Waals surface area (Å²) in [6, 6.07) is 51.6. The molecule has 0 radical (unpaired) electrons. The maximum atomic E-state index is 13.7. The minimum Gasteiger partial charge on any atom is -0.457 e. The molecule has 0 spiro atoms. The van der Waals surface area contributed by atoms with E-state index in [2.05, 4.69) is 16.0 Å². The van der Waals surface area contributed by atoms with Gasteiger partial charge in [0.1, 0.15) is 22.4 Å². The van der Waals surface area contributed by atoms with Crippen molar-refractivity contribution < 1.29 is 19.1 Å². The van der Waals surface area contributed by atoms with Gasteiger partial charge in [-0.25, -0.2) is 0 Å². The molecule has 8 heteroatoms. The Labute approximate surface area is 295 Å². The van der Waals surface area contributed by atoms with Crippen molar-refractivity contribution in [3.63, 3.8) is 0 Å². The lowest BCUT2D eigenvalue weighted by molar-refractivity contribution is -0.116. The second-order valence-corrected chi connectivity index (χ2v) is 12.3. The van der Waals surface area contributed by atoms with Gasteiger partial charge < -0.3 is 20.7 Å². The maximum absolute atomic E-state index is 13.7. The fraction of sp³-hybridized carbons (Fsp3) is 0.0238. The van der Waals surface area contributed by atoms with Crippen molar-refractivity contribution in [3.05, 3.63) is 192 Å². The smallest absolute Gasteiger partial charge is 0.272 e. The average Bonchev–Trinajstić information content (AvgIpc) is 3.16. The molecule has 6 aromatic carbocycles. The standard InChI is InChI=1S/C42H33N3O4S/c46-40(32-17-9-3-10-18-32)45-38(29-30-13-5-1-6-14-30)41(47)43-34-23-27-37(28-24-34)50-39(31-15-7-2-8-16-31)42(48)44-33-21-25-36(26-22-33)49-35-19-11-4-12-20-35/h1-29,39H,(H,43,47)(H,44,48)(H,45,46)/b38-29-. The summed E-state index contributed by atoms with van der Waals surface area (Å²) in [6.45, 7) is 0. The molecule has 7 nitrogen and oxygen atoms in total. The zero-order valence-corrected chi connectivity index (χ0v) is 27.7. The average molecular weight is 676 g/mol. The van der Waals surface area contributed by atoms with Gasteiger partial charge in [0, 0.05) is 21.8 Å². The van der Waals surface area contributed by atoms with Crippen LogP contribution in [0, 0.1) is 0 Å². The van der Waals surface area contributed by atoms with Crippen LogP contribution in [0.25, 0.3) is 6.08 Å². The molecule has 0 saturated carbocycles. The number of carbonyl (C=O) groups excluding carboxylic acids is 3. The van der Waals surface area contributed by atoms with E-state index in [4.69, 9.17) is 4.74 Å². The van der Waals surface area contributed by atoms with Crippen molar-refractivity contribution in [2.24, 2.45) is 0 Å². The van der Waals surface area contributed by atoms with Crippen LogP contribution in [0.3, 0.4) is 0 Å². The molecule has 3 amide bonds. The number of amides is 3. The molecule has 0 saturated heterocycles. The highest BCUT2D eigenvalue weighted by molar-refractivity contribution is 8.00. The van der Waals surface area contributed by atoms with Crippen LogP contribution in [0.1, 0.15) is 26.7 Å². The molecule has 3 N–H and O–H groups in total. The molecule has 1 unspecified atom stereocenters. The van der Waals surface area contributed by atoms with Gasteiger partial charge in [0.15, 0.2) is 0 Å². The number of thioether (sulfide) groups is 1. The highest BCUT2D eigenvalue weighted by atomic mass is 32.2. The van der Waals surface area contributed by atoms with Gasteiger partial charge in [0.25, 0.3) is 11.8 Å². The lowest BCUT2D eigenvalue weighted by Gasteiger charge is -2.18. The Bertz CT molecular complexity index is 2060. The van der Waals surface area contributed by atoms with E-state index >= 15 is 0 Å². The van der Waals surface area contributed by atoms with Crippen molar-refractivity contribution in [1.29, 1.82) is 0 Å². The quantitative estimate of drug-likeness (QED) is 0.0888. The monoisotopic (exact) mass is 675 g/mol. The predicted molar refractivity (Wildman–Crippen MR) is 200 cm³/mol. The van der Waals surface area contributed by atoms with E-state index in [-0.39, 0.29) is 11.6 Å². The predicted octanol–water partition coefficient (Wildman–Crippen LogP) is 9.36. The van der Waals surface area contributed by atoms with Crippen LogP contribution in [0.4, 0.5) is 11.4 Å². The summed E-state index contributed by atoms with van der Waals surface area (Å²) in [5.41, 5.74) is 3.33.